The highest BCUT2D eigenvalue weighted by Crippen LogP contribution is 2.38. The first kappa shape index (κ1) is 33.9. The predicted molar refractivity (Wildman–Crippen MR) is 203 cm³/mol. The molecule has 0 spiro atoms. The lowest BCUT2D eigenvalue weighted by molar-refractivity contribution is -0.140. The lowest BCUT2D eigenvalue weighted by atomic mass is 9.91. The van der Waals surface area contributed by atoms with E-state index in [4.69, 9.17) is 4.84 Å². The molecule has 0 aliphatic heterocycles. The molecule has 0 N–H and O–H groups in total. The highest BCUT2D eigenvalue weighted by Gasteiger charge is 2.21. The molecule has 1 atom stereocenters. The number of carbonyl (C=O) groups is 2. The minimum atomic E-state index is -0.464. The molecule has 1 aromatic heterocycles. The Morgan fingerprint density at radius 3 is 2.18 bits per heavy atom. The summed E-state index contributed by atoms with van der Waals surface area (Å²) in [5.41, 5.74) is 10.4. The van der Waals surface area contributed by atoms with E-state index in [-0.39, 0.29) is 5.78 Å². The predicted octanol–water partition coefficient (Wildman–Crippen LogP) is 10.9. The van der Waals surface area contributed by atoms with E-state index in [9.17, 15) is 9.59 Å². The second-order valence-electron chi connectivity index (χ2n) is 13.6. The molecule has 6 rings (SSSR count). The summed E-state index contributed by atoms with van der Waals surface area (Å²) >= 11 is 0. The van der Waals surface area contributed by atoms with Gasteiger partial charge in [0.1, 0.15) is 5.71 Å². The van der Waals surface area contributed by atoms with Crippen LogP contribution in [0.5, 0.6) is 0 Å². The van der Waals surface area contributed by atoms with Gasteiger partial charge in [0.05, 0.1) is 0 Å². The summed E-state index contributed by atoms with van der Waals surface area (Å²) in [6.07, 6.45) is 4.70. The van der Waals surface area contributed by atoms with E-state index < -0.39 is 5.97 Å². The number of hydrogen-bond acceptors (Lipinski definition) is 4. The van der Waals surface area contributed by atoms with Gasteiger partial charge >= 0.3 is 5.97 Å². The lowest BCUT2D eigenvalue weighted by Crippen LogP contribution is -2.10. The van der Waals surface area contributed by atoms with Gasteiger partial charge in [0.2, 0.25) is 0 Å². The van der Waals surface area contributed by atoms with Crippen LogP contribution >= 0.6 is 0 Å². The van der Waals surface area contributed by atoms with Gasteiger partial charge < -0.3 is 9.40 Å². The van der Waals surface area contributed by atoms with Crippen molar-refractivity contribution in [2.24, 2.45) is 11.1 Å². The van der Waals surface area contributed by atoms with E-state index >= 15 is 0 Å². The van der Waals surface area contributed by atoms with Crippen LogP contribution in [0.15, 0.2) is 90.1 Å². The molecule has 5 aromatic carbocycles. The number of carbonyl (C=O) groups excluding carboxylic acids is 2. The van der Waals surface area contributed by atoms with Crippen LogP contribution in [0.4, 0.5) is 0 Å². The quantitative estimate of drug-likeness (QED) is 0.0607. The number of benzene rings is 5. The minimum absolute atomic E-state index is 0.0491. The Labute approximate surface area is 289 Å². The zero-order valence-electron chi connectivity index (χ0n) is 29.8. The Kier molecular flexibility index (Phi) is 9.82. The first-order valence-electron chi connectivity index (χ1n) is 17.5. The lowest BCUT2D eigenvalue weighted by Gasteiger charge is -2.17. The van der Waals surface area contributed by atoms with E-state index in [1.165, 1.54) is 31.7 Å². The van der Waals surface area contributed by atoms with Gasteiger partial charge in [0, 0.05) is 57.5 Å². The summed E-state index contributed by atoms with van der Waals surface area (Å²) < 4.78 is 2.48. The highest BCUT2D eigenvalue weighted by molar-refractivity contribution is 6.24. The number of nitrogens with zero attached hydrogens (tertiary/aromatic N) is 2. The molecular weight excluding hydrogens is 604 g/mol. The van der Waals surface area contributed by atoms with Gasteiger partial charge in [-0.3, -0.25) is 4.79 Å². The average molecular weight is 651 g/mol. The van der Waals surface area contributed by atoms with Crippen LogP contribution in [0, 0.1) is 33.6 Å². The number of ketones is 1. The van der Waals surface area contributed by atoms with Crippen molar-refractivity contribution in [2.75, 3.05) is 0 Å². The van der Waals surface area contributed by atoms with E-state index in [2.05, 4.69) is 79.0 Å². The third-order valence-corrected chi connectivity index (χ3v) is 9.93. The second-order valence-corrected chi connectivity index (χ2v) is 13.6. The molecule has 0 amide bonds. The van der Waals surface area contributed by atoms with Crippen LogP contribution in [0.2, 0.25) is 0 Å². The number of oxime groups is 1. The number of rotatable bonds is 11. The first-order valence-corrected chi connectivity index (χ1v) is 17.5. The van der Waals surface area contributed by atoms with Crippen molar-refractivity contribution in [1.82, 2.24) is 4.57 Å². The van der Waals surface area contributed by atoms with Gasteiger partial charge in [-0.05, 0) is 91.8 Å². The Hall–Kier alpha value is -5.03. The van der Waals surface area contributed by atoms with E-state index in [0.717, 1.165) is 79.0 Å². The van der Waals surface area contributed by atoms with Crippen LogP contribution in [0.1, 0.15) is 95.8 Å². The van der Waals surface area contributed by atoms with E-state index in [1.807, 2.05) is 57.2 Å². The molecule has 1 heterocycles. The van der Waals surface area contributed by atoms with Crippen LogP contribution in [0.25, 0.3) is 32.6 Å². The average Bonchev–Trinajstić information content (AvgIpc) is 3.39. The van der Waals surface area contributed by atoms with Crippen molar-refractivity contribution in [3.63, 3.8) is 0 Å². The fraction of sp³-hybridized carbons (Fsp3) is 0.295. The number of fused-ring (bicyclic) bond motifs is 5. The fourth-order valence-electron chi connectivity index (χ4n) is 7.48. The third kappa shape index (κ3) is 6.67. The first-order chi connectivity index (χ1) is 23.6. The van der Waals surface area contributed by atoms with E-state index in [0.29, 0.717) is 17.2 Å². The molecule has 0 bridgehead atoms. The molecular formula is C44H46N2O3. The maximum atomic E-state index is 13.9. The zero-order chi connectivity index (χ0) is 34.8. The van der Waals surface area contributed by atoms with Crippen molar-refractivity contribution in [3.8, 4) is 0 Å². The summed E-state index contributed by atoms with van der Waals surface area (Å²) in [5, 5.41) is 8.76. The molecule has 0 radical (unpaired) electrons. The maximum Gasteiger partial charge on any atom is 0.332 e. The molecule has 0 aliphatic carbocycles. The maximum absolute atomic E-state index is 13.9. The van der Waals surface area contributed by atoms with Crippen molar-refractivity contribution in [1.29, 1.82) is 0 Å². The largest absolute Gasteiger partial charge is 0.340 e. The SMILES string of the molecule is CCCCC(CC)Cn1c2ccc(C(=NOC(C)=O)c3ccccc3C)cc2c2c3ccc(C(=O)c4c(C)cc(C)cc4C)cc3ccc21. The van der Waals surface area contributed by atoms with Gasteiger partial charge in [-0.25, -0.2) is 4.79 Å². The summed E-state index contributed by atoms with van der Waals surface area (Å²) in [7, 11) is 0. The van der Waals surface area contributed by atoms with Gasteiger partial charge in [-0.15, -0.1) is 0 Å². The molecule has 0 fully saturated rings. The van der Waals surface area contributed by atoms with Crippen molar-refractivity contribution in [3.05, 3.63) is 129 Å². The highest BCUT2D eigenvalue weighted by atomic mass is 16.7. The Bertz CT molecular complexity index is 2230. The molecule has 0 saturated heterocycles. The molecule has 49 heavy (non-hydrogen) atoms. The second kappa shape index (κ2) is 14.2. The molecule has 5 heteroatoms. The van der Waals surface area contributed by atoms with Crippen molar-refractivity contribution < 1.29 is 14.4 Å². The summed E-state index contributed by atoms with van der Waals surface area (Å²) in [6.45, 7) is 15.0. The number of aryl methyl sites for hydroxylation is 4. The zero-order valence-corrected chi connectivity index (χ0v) is 29.8. The number of aromatic nitrogens is 1. The standard InChI is InChI=1S/C44H46N2O3/c1-8-10-14-32(9-2)26-46-39-20-18-34(43(45-49-31(7)47)36-15-12-11-13-28(36)4)25-38(39)42-37-19-16-35(24-33(37)17-21-40(42)46)44(48)41-29(5)22-27(3)23-30(41)6/h11-13,15-25,32H,8-10,14,26H2,1-7H3. The normalized spacial score (nSPS) is 12.6. The van der Waals surface area contributed by atoms with Crippen LogP contribution < -0.4 is 0 Å². The Morgan fingerprint density at radius 2 is 1.49 bits per heavy atom. The van der Waals surface area contributed by atoms with Gasteiger partial charge in [0.15, 0.2) is 5.78 Å². The Balaban J connectivity index is 1.58. The topological polar surface area (TPSA) is 60.7 Å². The van der Waals surface area contributed by atoms with Crippen LogP contribution in [0.3, 0.4) is 0 Å². The molecule has 1 unspecified atom stereocenters. The monoisotopic (exact) mass is 650 g/mol. The molecule has 6 aromatic rings. The molecule has 5 nitrogen and oxygen atoms in total. The van der Waals surface area contributed by atoms with Crippen molar-refractivity contribution in [2.45, 2.75) is 80.7 Å². The van der Waals surface area contributed by atoms with Crippen LogP contribution in [-0.2, 0) is 16.2 Å². The smallest absolute Gasteiger partial charge is 0.332 e. The van der Waals surface area contributed by atoms with Crippen molar-refractivity contribution >= 4 is 50.0 Å². The molecule has 250 valence electrons. The van der Waals surface area contributed by atoms with Gasteiger partial charge in [-0.2, -0.15) is 0 Å². The van der Waals surface area contributed by atoms with Crippen LogP contribution in [-0.4, -0.2) is 22.0 Å². The molecule has 0 saturated carbocycles. The summed E-state index contributed by atoms with van der Waals surface area (Å²) in [5.74, 6) is 0.143. The van der Waals surface area contributed by atoms with Gasteiger partial charge in [0.25, 0.3) is 0 Å². The number of hydrogen-bond donors (Lipinski definition) is 0. The molecule has 0 aliphatic rings. The third-order valence-electron chi connectivity index (χ3n) is 9.93. The van der Waals surface area contributed by atoms with Gasteiger partial charge in [-0.1, -0.05) is 104 Å². The number of unbranched alkanes of at least 4 members (excludes halogenated alkanes) is 1. The summed E-state index contributed by atoms with van der Waals surface area (Å²) in [4.78, 5) is 31.1. The van der Waals surface area contributed by atoms with E-state index in [1.54, 1.807) is 0 Å². The minimum Gasteiger partial charge on any atom is -0.340 e. The fourth-order valence-corrected chi connectivity index (χ4v) is 7.48. The Morgan fingerprint density at radius 1 is 0.776 bits per heavy atom. The summed E-state index contributed by atoms with van der Waals surface area (Å²) in [6, 6.07) is 29.2.